The van der Waals surface area contributed by atoms with Crippen LogP contribution in [-0.2, 0) is 11.2 Å². The Morgan fingerprint density at radius 1 is 1.36 bits per heavy atom. The van der Waals surface area contributed by atoms with Crippen molar-refractivity contribution in [1.29, 1.82) is 0 Å². The largest absolute Gasteiger partial charge is 0.441 e. The molecule has 5 heteroatoms. The van der Waals surface area contributed by atoms with Crippen molar-refractivity contribution in [3.05, 3.63) is 41.9 Å². The summed E-state index contributed by atoms with van der Waals surface area (Å²) in [7, 11) is 0. The van der Waals surface area contributed by atoms with E-state index in [1.807, 2.05) is 38.1 Å². The molecule has 2 aromatic rings. The maximum Gasteiger partial charge on any atom is 0.220 e. The molecular formula is C17H22N2O3. The van der Waals surface area contributed by atoms with Gasteiger partial charge in [-0.3, -0.25) is 4.79 Å². The zero-order valence-corrected chi connectivity index (χ0v) is 13.0. The number of hydrogen-bond donors (Lipinski definition) is 2. The first-order chi connectivity index (χ1) is 10.6. The highest BCUT2D eigenvalue weighted by atomic mass is 16.4. The van der Waals surface area contributed by atoms with Crippen molar-refractivity contribution in [1.82, 2.24) is 10.3 Å². The van der Waals surface area contributed by atoms with Crippen LogP contribution in [-0.4, -0.2) is 29.1 Å². The van der Waals surface area contributed by atoms with Crippen molar-refractivity contribution in [2.75, 3.05) is 13.2 Å². The highest BCUT2D eigenvalue weighted by Crippen LogP contribution is 2.21. The summed E-state index contributed by atoms with van der Waals surface area (Å²) in [6, 6.07) is 8.02. The quantitative estimate of drug-likeness (QED) is 0.823. The molecule has 118 valence electrons. The van der Waals surface area contributed by atoms with Gasteiger partial charge in [0.2, 0.25) is 5.91 Å². The molecule has 0 saturated heterocycles. The Bertz CT molecular complexity index is 605. The molecule has 0 aliphatic carbocycles. The van der Waals surface area contributed by atoms with E-state index in [2.05, 4.69) is 10.3 Å². The minimum Gasteiger partial charge on any atom is -0.441 e. The minimum atomic E-state index is -0.0598. The summed E-state index contributed by atoms with van der Waals surface area (Å²) in [5.41, 5.74) is 2.17. The number of amides is 1. The van der Waals surface area contributed by atoms with Crippen LogP contribution in [0.1, 0.15) is 24.8 Å². The van der Waals surface area contributed by atoms with E-state index in [1.165, 1.54) is 5.56 Å². The summed E-state index contributed by atoms with van der Waals surface area (Å²) < 4.78 is 5.68. The fourth-order valence-corrected chi connectivity index (χ4v) is 1.94. The van der Waals surface area contributed by atoms with Crippen molar-refractivity contribution in [2.45, 2.75) is 26.7 Å². The van der Waals surface area contributed by atoms with Crippen molar-refractivity contribution < 1.29 is 14.3 Å². The van der Waals surface area contributed by atoms with Crippen LogP contribution in [0.3, 0.4) is 0 Å². The first kappa shape index (κ1) is 16.2. The molecule has 2 N–H and O–H groups in total. The average Bonchev–Trinajstić information content (AvgIpc) is 3.00. The standard InChI is InChI=1S/C17H22N2O3/c1-12-3-5-14(6-4-12)15-10-19-17(22-15)8-7-16(21)18-9-13(2)11-20/h3-6,10,13,20H,7-9,11H2,1-2H3,(H,18,21). The van der Waals surface area contributed by atoms with Gasteiger partial charge in [-0.15, -0.1) is 0 Å². The zero-order valence-electron chi connectivity index (χ0n) is 13.0. The number of carbonyl (C=O) groups excluding carboxylic acids is 1. The molecule has 1 aromatic carbocycles. The number of hydrogen-bond acceptors (Lipinski definition) is 4. The van der Waals surface area contributed by atoms with Gasteiger partial charge in [-0.1, -0.05) is 36.8 Å². The van der Waals surface area contributed by atoms with Gasteiger partial charge in [0.25, 0.3) is 0 Å². The Kier molecular flexibility index (Phi) is 5.72. The van der Waals surface area contributed by atoms with Gasteiger partial charge in [0.15, 0.2) is 11.7 Å². The molecular weight excluding hydrogens is 280 g/mol. The number of benzene rings is 1. The zero-order chi connectivity index (χ0) is 15.9. The van der Waals surface area contributed by atoms with E-state index in [1.54, 1.807) is 6.20 Å². The molecule has 0 aliphatic rings. The number of aromatic nitrogens is 1. The number of aryl methyl sites for hydroxylation is 2. The van der Waals surface area contributed by atoms with E-state index in [9.17, 15) is 4.79 Å². The van der Waals surface area contributed by atoms with Gasteiger partial charge >= 0.3 is 0 Å². The first-order valence-electron chi connectivity index (χ1n) is 7.47. The number of aliphatic hydroxyl groups excluding tert-OH is 1. The summed E-state index contributed by atoms with van der Waals surface area (Å²) in [5.74, 6) is 1.28. The van der Waals surface area contributed by atoms with Crippen molar-refractivity contribution in [3.63, 3.8) is 0 Å². The average molecular weight is 302 g/mol. The summed E-state index contributed by atoms with van der Waals surface area (Å²) in [4.78, 5) is 15.9. The van der Waals surface area contributed by atoms with Crippen molar-refractivity contribution in [3.8, 4) is 11.3 Å². The van der Waals surface area contributed by atoms with Crippen LogP contribution >= 0.6 is 0 Å². The van der Waals surface area contributed by atoms with Crippen LogP contribution < -0.4 is 5.32 Å². The van der Waals surface area contributed by atoms with Crippen molar-refractivity contribution in [2.24, 2.45) is 5.92 Å². The molecule has 5 nitrogen and oxygen atoms in total. The van der Waals surface area contributed by atoms with Crippen LogP contribution in [0.4, 0.5) is 0 Å². The van der Waals surface area contributed by atoms with Crippen LogP contribution in [0, 0.1) is 12.8 Å². The molecule has 0 radical (unpaired) electrons. The van der Waals surface area contributed by atoms with Gasteiger partial charge in [-0.25, -0.2) is 4.98 Å². The van der Waals surface area contributed by atoms with Gasteiger partial charge < -0.3 is 14.8 Å². The SMILES string of the molecule is Cc1ccc(-c2cnc(CCC(=O)NCC(C)CO)o2)cc1. The molecule has 1 amide bonds. The smallest absolute Gasteiger partial charge is 0.220 e. The first-order valence-corrected chi connectivity index (χ1v) is 7.47. The van der Waals surface area contributed by atoms with Gasteiger partial charge in [0.1, 0.15) is 0 Å². The van der Waals surface area contributed by atoms with Gasteiger partial charge in [0, 0.05) is 31.6 Å². The van der Waals surface area contributed by atoms with Gasteiger partial charge in [0.05, 0.1) is 6.20 Å². The molecule has 0 bridgehead atoms. The van der Waals surface area contributed by atoms with E-state index < -0.39 is 0 Å². The summed E-state index contributed by atoms with van der Waals surface area (Å²) in [6.07, 6.45) is 2.48. The third kappa shape index (κ3) is 4.70. The molecule has 22 heavy (non-hydrogen) atoms. The molecule has 0 fully saturated rings. The third-order valence-corrected chi connectivity index (χ3v) is 3.41. The lowest BCUT2D eigenvalue weighted by molar-refractivity contribution is -0.121. The highest BCUT2D eigenvalue weighted by molar-refractivity contribution is 5.76. The van der Waals surface area contributed by atoms with Crippen LogP contribution in [0.5, 0.6) is 0 Å². The fraction of sp³-hybridized carbons (Fsp3) is 0.412. The lowest BCUT2D eigenvalue weighted by Gasteiger charge is -2.08. The van der Waals surface area contributed by atoms with Crippen LogP contribution in [0.25, 0.3) is 11.3 Å². The second-order valence-electron chi connectivity index (χ2n) is 5.58. The molecule has 1 atom stereocenters. The highest BCUT2D eigenvalue weighted by Gasteiger charge is 2.09. The summed E-state index contributed by atoms with van der Waals surface area (Å²) >= 11 is 0. The Morgan fingerprint density at radius 3 is 2.77 bits per heavy atom. The lowest BCUT2D eigenvalue weighted by atomic mass is 10.1. The fourth-order valence-electron chi connectivity index (χ4n) is 1.94. The third-order valence-electron chi connectivity index (χ3n) is 3.41. The molecule has 1 unspecified atom stereocenters. The van der Waals surface area contributed by atoms with E-state index in [0.29, 0.717) is 31.0 Å². The second-order valence-corrected chi connectivity index (χ2v) is 5.58. The normalized spacial score (nSPS) is 12.1. The lowest BCUT2D eigenvalue weighted by Crippen LogP contribution is -2.29. The number of carbonyl (C=O) groups is 1. The number of nitrogens with one attached hydrogen (secondary N) is 1. The predicted molar refractivity (Wildman–Crippen MR) is 84.3 cm³/mol. The number of rotatable bonds is 7. The van der Waals surface area contributed by atoms with E-state index >= 15 is 0 Å². The topological polar surface area (TPSA) is 75.4 Å². The Balaban J connectivity index is 1.84. The van der Waals surface area contributed by atoms with Crippen LogP contribution in [0.2, 0.25) is 0 Å². The Labute approximate surface area is 130 Å². The number of nitrogens with zero attached hydrogens (tertiary/aromatic N) is 1. The molecule has 0 spiro atoms. The molecule has 0 saturated carbocycles. The maximum absolute atomic E-state index is 11.7. The van der Waals surface area contributed by atoms with E-state index in [4.69, 9.17) is 9.52 Å². The van der Waals surface area contributed by atoms with E-state index in [0.717, 1.165) is 5.56 Å². The van der Waals surface area contributed by atoms with Gasteiger partial charge in [-0.2, -0.15) is 0 Å². The maximum atomic E-state index is 11.7. The minimum absolute atomic E-state index is 0.0598. The van der Waals surface area contributed by atoms with E-state index in [-0.39, 0.29) is 18.4 Å². The van der Waals surface area contributed by atoms with Crippen molar-refractivity contribution >= 4 is 5.91 Å². The molecule has 1 aromatic heterocycles. The van der Waals surface area contributed by atoms with Crippen LogP contribution in [0.15, 0.2) is 34.9 Å². The second kappa shape index (κ2) is 7.75. The summed E-state index contributed by atoms with van der Waals surface area (Å²) in [5, 5.41) is 11.7. The molecule has 0 aliphatic heterocycles. The Hall–Kier alpha value is -2.14. The predicted octanol–water partition coefficient (Wildman–Crippen LogP) is 2.33. The molecule has 2 rings (SSSR count). The molecule has 1 heterocycles. The Morgan fingerprint density at radius 2 is 2.09 bits per heavy atom. The number of aliphatic hydroxyl groups is 1. The summed E-state index contributed by atoms with van der Waals surface area (Å²) in [6.45, 7) is 4.46. The monoisotopic (exact) mass is 302 g/mol. The van der Waals surface area contributed by atoms with Gasteiger partial charge in [-0.05, 0) is 12.8 Å². The number of oxazole rings is 1.